The first kappa shape index (κ1) is 11.8. The van der Waals surface area contributed by atoms with Crippen molar-refractivity contribution in [1.82, 2.24) is 10.1 Å². The van der Waals surface area contributed by atoms with Crippen LogP contribution in [0.15, 0.2) is 10.6 Å². The first-order valence-corrected chi connectivity index (χ1v) is 5.13. The monoisotopic (exact) mass is 257 g/mol. The van der Waals surface area contributed by atoms with Gasteiger partial charge in [0, 0.05) is 0 Å². The van der Waals surface area contributed by atoms with Crippen LogP contribution in [0, 0.1) is 12.7 Å². The first-order chi connectivity index (χ1) is 8.04. The standard InChI is InChI=1S/C10H9ClFN3O2/c1-4-6(12)2-5(11)9(16)8(4)10-14-7(3-13)17-15-10/h2,16H,3,13H2,1H3. The van der Waals surface area contributed by atoms with Crippen LogP contribution in [0.25, 0.3) is 11.4 Å². The molecule has 1 aromatic carbocycles. The minimum Gasteiger partial charge on any atom is -0.506 e. The van der Waals surface area contributed by atoms with Gasteiger partial charge < -0.3 is 15.4 Å². The Hall–Kier alpha value is -1.66. The molecular weight excluding hydrogens is 249 g/mol. The molecule has 1 aromatic heterocycles. The molecule has 1 heterocycles. The molecule has 0 aliphatic heterocycles. The number of phenols is 1. The third-order valence-electron chi connectivity index (χ3n) is 2.32. The summed E-state index contributed by atoms with van der Waals surface area (Å²) in [6, 6.07) is 1.03. The summed E-state index contributed by atoms with van der Waals surface area (Å²) in [5.74, 6) is -0.585. The van der Waals surface area contributed by atoms with E-state index in [1.807, 2.05) is 0 Å². The van der Waals surface area contributed by atoms with Crippen molar-refractivity contribution in [3.8, 4) is 17.1 Å². The van der Waals surface area contributed by atoms with Gasteiger partial charge in [-0.15, -0.1) is 0 Å². The number of aromatic nitrogens is 2. The third kappa shape index (κ3) is 1.96. The molecule has 0 saturated carbocycles. The molecule has 0 radical (unpaired) electrons. The molecule has 0 saturated heterocycles. The van der Waals surface area contributed by atoms with Gasteiger partial charge in [-0.05, 0) is 18.6 Å². The van der Waals surface area contributed by atoms with Crippen LogP contribution in [-0.4, -0.2) is 15.2 Å². The average molecular weight is 258 g/mol. The van der Waals surface area contributed by atoms with Crippen LogP contribution in [0.1, 0.15) is 11.5 Å². The Bertz CT molecular complexity index is 545. The lowest BCUT2D eigenvalue weighted by Gasteiger charge is -2.07. The Morgan fingerprint density at radius 3 is 2.88 bits per heavy atom. The molecule has 7 heteroatoms. The summed E-state index contributed by atoms with van der Waals surface area (Å²) in [5.41, 5.74) is 5.62. The number of aromatic hydroxyl groups is 1. The van der Waals surface area contributed by atoms with Gasteiger partial charge in [0.25, 0.3) is 0 Å². The summed E-state index contributed by atoms with van der Waals surface area (Å²) in [6.45, 7) is 1.55. The van der Waals surface area contributed by atoms with E-state index in [2.05, 4.69) is 10.1 Å². The van der Waals surface area contributed by atoms with Crippen LogP contribution in [0.2, 0.25) is 5.02 Å². The molecule has 0 atom stereocenters. The van der Waals surface area contributed by atoms with Crippen molar-refractivity contribution in [2.45, 2.75) is 13.5 Å². The number of phenolic OH excluding ortho intramolecular Hbond substituents is 1. The van der Waals surface area contributed by atoms with Gasteiger partial charge in [-0.25, -0.2) is 4.39 Å². The summed E-state index contributed by atoms with van der Waals surface area (Å²) < 4.78 is 18.3. The fourth-order valence-corrected chi connectivity index (χ4v) is 1.61. The highest BCUT2D eigenvalue weighted by molar-refractivity contribution is 6.32. The van der Waals surface area contributed by atoms with E-state index in [9.17, 15) is 9.50 Å². The van der Waals surface area contributed by atoms with Crippen LogP contribution >= 0.6 is 11.6 Å². The zero-order valence-electron chi connectivity index (χ0n) is 8.87. The lowest BCUT2D eigenvalue weighted by atomic mass is 10.1. The summed E-state index contributed by atoms with van der Waals surface area (Å²) in [7, 11) is 0. The molecule has 3 N–H and O–H groups in total. The molecular formula is C10H9ClFN3O2. The van der Waals surface area contributed by atoms with Crippen molar-refractivity contribution in [3.05, 3.63) is 28.4 Å². The molecule has 0 fully saturated rings. The maximum absolute atomic E-state index is 13.5. The molecule has 2 aromatic rings. The first-order valence-electron chi connectivity index (χ1n) is 4.75. The number of rotatable bonds is 2. The number of hydrogen-bond acceptors (Lipinski definition) is 5. The Kier molecular flexibility index (Phi) is 2.99. The van der Waals surface area contributed by atoms with Gasteiger partial charge in [0.15, 0.2) is 0 Å². The molecule has 90 valence electrons. The molecule has 2 rings (SSSR count). The maximum Gasteiger partial charge on any atom is 0.240 e. The predicted octanol–water partition coefficient (Wildman–Crippen LogP) is 2.00. The van der Waals surface area contributed by atoms with Gasteiger partial charge in [0.1, 0.15) is 11.6 Å². The number of halogens is 2. The predicted molar refractivity (Wildman–Crippen MR) is 59.0 cm³/mol. The van der Waals surface area contributed by atoms with E-state index >= 15 is 0 Å². The summed E-state index contributed by atoms with van der Waals surface area (Å²) in [4.78, 5) is 3.91. The van der Waals surface area contributed by atoms with Gasteiger partial charge in [0.05, 0.1) is 17.1 Å². The molecule has 0 aliphatic rings. The van der Waals surface area contributed by atoms with Gasteiger partial charge in [-0.3, -0.25) is 0 Å². The number of hydrogen-bond donors (Lipinski definition) is 2. The van der Waals surface area contributed by atoms with E-state index in [0.717, 1.165) is 6.07 Å². The van der Waals surface area contributed by atoms with Gasteiger partial charge in [0.2, 0.25) is 11.7 Å². The second-order valence-electron chi connectivity index (χ2n) is 3.40. The zero-order chi connectivity index (χ0) is 12.6. The van der Waals surface area contributed by atoms with Gasteiger partial charge >= 0.3 is 0 Å². The Morgan fingerprint density at radius 1 is 1.59 bits per heavy atom. The molecule has 0 unspecified atom stereocenters. The molecule has 5 nitrogen and oxygen atoms in total. The van der Waals surface area contributed by atoms with E-state index in [1.54, 1.807) is 0 Å². The Labute approximate surface area is 101 Å². The van der Waals surface area contributed by atoms with E-state index in [-0.39, 0.29) is 40.2 Å². The van der Waals surface area contributed by atoms with E-state index in [1.165, 1.54) is 6.92 Å². The Morgan fingerprint density at radius 2 is 2.29 bits per heavy atom. The quantitative estimate of drug-likeness (QED) is 0.859. The minimum atomic E-state index is -0.554. The zero-order valence-corrected chi connectivity index (χ0v) is 9.62. The molecule has 0 aliphatic carbocycles. The Balaban J connectivity index is 2.65. The van der Waals surface area contributed by atoms with Crippen molar-refractivity contribution in [1.29, 1.82) is 0 Å². The van der Waals surface area contributed by atoms with Crippen molar-refractivity contribution in [2.75, 3.05) is 0 Å². The lowest BCUT2D eigenvalue weighted by Crippen LogP contribution is -1.96. The SMILES string of the molecule is Cc1c(F)cc(Cl)c(O)c1-c1noc(CN)n1. The van der Waals surface area contributed by atoms with Crippen molar-refractivity contribution >= 4 is 11.6 Å². The van der Waals surface area contributed by atoms with E-state index in [0.29, 0.717) is 0 Å². The highest BCUT2D eigenvalue weighted by Crippen LogP contribution is 2.37. The fourth-order valence-electron chi connectivity index (χ4n) is 1.42. The maximum atomic E-state index is 13.5. The largest absolute Gasteiger partial charge is 0.506 e. The normalized spacial score (nSPS) is 10.8. The van der Waals surface area contributed by atoms with Crippen LogP contribution in [0.4, 0.5) is 4.39 Å². The summed E-state index contributed by atoms with van der Waals surface area (Å²) in [6.07, 6.45) is 0. The van der Waals surface area contributed by atoms with Gasteiger partial charge in [-0.1, -0.05) is 16.8 Å². The highest BCUT2D eigenvalue weighted by atomic mass is 35.5. The third-order valence-corrected chi connectivity index (χ3v) is 2.60. The number of benzene rings is 1. The average Bonchev–Trinajstić information content (AvgIpc) is 2.75. The molecule has 0 bridgehead atoms. The van der Waals surface area contributed by atoms with Gasteiger partial charge in [-0.2, -0.15) is 4.98 Å². The van der Waals surface area contributed by atoms with E-state index in [4.69, 9.17) is 21.9 Å². The second kappa shape index (κ2) is 4.31. The lowest BCUT2D eigenvalue weighted by molar-refractivity contribution is 0.380. The van der Waals surface area contributed by atoms with Crippen molar-refractivity contribution < 1.29 is 14.0 Å². The minimum absolute atomic E-state index is 0.0573. The van der Waals surface area contributed by atoms with Crippen LogP contribution < -0.4 is 5.73 Å². The van der Waals surface area contributed by atoms with E-state index < -0.39 is 5.82 Å². The van der Waals surface area contributed by atoms with Crippen LogP contribution in [0.3, 0.4) is 0 Å². The van der Waals surface area contributed by atoms with Crippen LogP contribution in [0.5, 0.6) is 5.75 Å². The number of nitrogens with two attached hydrogens (primary N) is 1. The molecule has 17 heavy (non-hydrogen) atoms. The summed E-state index contributed by atoms with van der Waals surface area (Å²) >= 11 is 5.68. The molecule has 0 amide bonds. The topological polar surface area (TPSA) is 85.2 Å². The van der Waals surface area contributed by atoms with Crippen LogP contribution in [-0.2, 0) is 6.54 Å². The number of nitrogens with zero attached hydrogens (tertiary/aromatic N) is 2. The highest BCUT2D eigenvalue weighted by Gasteiger charge is 2.20. The molecule has 0 spiro atoms. The fraction of sp³-hybridized carbons (Fsp3) is 0.200. The van der Waals surface area contributed by atoms with Crippen molar-refractivity contribution in [2.24, 2.45) is 5.73 Å². The summed E-state index contributed by atoms with van der Waals surface area (Å²) in [5, 5.41) is 13.3. The van der Waals surface area contributed by atoms with Crippen molar-refractivity contribution in [3.63, 3.8) is 0 Å². The second-order valence-corrected chi connectivity index (χ2v) is 3.81. The smallest absolute Gasteiger partial charge is 0.240 e.